The number of carbonyl (C=O) groups excluding carboxylic acids is 1. The third-order valence-corrected chi connectivity index (χ3v) is 5.59. The molecular weight excluding hydrogens is 212 g/mol. The molecule has 2 bridgehead atoms. The SMILES string of the molecule is CC(C)(NC1CC2CC1C1CCCC21)C(N)=O. The molecule has 0 heterocycles. The molecule has 3 heteroatoms. The quantitative estimate of drug-likeness (QED) is 0.783. The van der Waals surface area contributed by atoms with Crippen molar-refractivity contribution in [1.29, 1.82) is 0 Å². The van der Waals surface area contributed by atoms with Gasteiger partial charge in [0.2, 0.25) is 5.91 Å². The topological polar surface area (TPSA) is 55.1 Å². The lowest BCUT2D eigenvalue weighted by molar-refractivity contribution is -0.123. The van der Waals surface area contributed by atoms with Gasteiger partial charge in [-0.2, -0.15) is 0 Å². The third kappa shape index (κ3) is 1.70. The summed E-state index contributed by atoms with van der Waals surface area (Å²) in [6, 6.07) is 0.529. The summed E-state index contributed by atoms with van der Waals surface area (Å²) in [7, 11) is 0. The molecule has 5 unspecified atom stereocenters. The van der Waals surface area contributed by atoms with Crippen molar-refractivity contribution in [3.63, 3.8) is 0 Å². The molecule has 3 N–H and O–H groups in total. The van der Waals surface area contributed by atoms with E-state index in [0.29, 0.717) is 6.04 Å². The van der Waals surface area contributed by atoms with E-state index in [1.807, 2.05) is 13.8 Å². The highest BCUT2D eigenvalue weighted by atomic mass is 16.1. The maximum Gasteiger partial charge on any atom is 0.237 e. The van der Waals surface area contributed by atoms with Crippen molar-refractivity contribution >= 4 is 5.91 Å². The van der Waals surface area contributed by atoms with E-state index >= 15 is 0 Å². The first-order valence-corrected chi connectivity index (χ1v) is 7.06. The summed E-state index contributed by atoms with van der Waals surface area (Å²) < 4.78 is 0. The first-order chi connectivity index (χ1) is 7.99. The lowest BCUT2D eigenvalue weighted by Crippen LogP contribution is -2.56. The van der Waals surface area contributed by atoms with Crippen LogP contribution in [0.3, 0.4) is 0 Å². The smallest absolute Gasteiger partial charge is 0.237 e. The zero-order chi connectivity index (χ0) is 12.2. The molecule has 0 aromatic carbocycles. The van der Waals surface area contributed by atoms with E-state index < -0.39 is 5.54 Å². The van der Waals surface area contributed by atoms with Crippen LogP contribution in [0.4, 0.5) is 0 Å². The normalized spacial score (nSPS) is 44.0. The standard InChI is InChI=1S/C14H24N2O/c1-14(2,13(15)17)16-12-7-8-6-11(12)10-5-3-4-9(8)10/h8-12,16H,3-7H2,1-2H3,(H2,15,17). The summed E-state index contributed by atoms with van der Waals surface area (Å²) in [5.41, 5.74) is 4.90. The summed E-state index contributed by atoms with van der Waals surface area (Å²) in [6.45, 7) is 3.82. The zero-order valence-corrected chi connectivity index (χ0v) is 10.9. The van der Waals surface area contributed by atoms with Crippen LogP contribution < -0.4 is 11.1 Å². The molecule has 17 heavy (non-hydrogen) atoms. The fourth-order valence-electron chi connectivity index (χ4n) is 4.77. The number of nitrogens with one attached hydrogen (secondary N) is 1. The van der Waals surface area contributed by atoms with Gasteiger partial charge in [-0.15, -0.1) is 0 Å². The Balaban J connectivity index is 1.70. The Morgan fingerprint density at radius 1 is 1.18 bits per heavy atom. The van der Waals surface area contributed by atoms with E-state index in [0.717, 1.165) is 23.7 Å². The fraction of sp³-hybridized carbons (Fsp3) is 0.929. The summed E-state index contributed by atoms with van der Waals surface area (Å²) in [6.07, 6.45) is 6.96. The minimum absolute atomic E-state index is 0.233. The fourth-order valence-corrected chi connectivity index (χ4v) is 4.77. The monoisotopic (exact) mass is 236 g/mol. The molecule has 0 aliphatic heterocycles. The van der Waals surface area contributed by atoms with E-state index in [1.54, 1.807) is 0 Å². The van der Waals surface area contributed by atoms with Gasteiger partial charge in [0.05, 0.1) is 5.54 Å². The number of hydrogen-bond acceptors (Lipinski definition) is 2. The van der Waals surface area contributed by atoms with Gasteiger partial charge in [0.15, 0.2) is 0 Å². The molecule has 3 fully saturated rings. The van der Waals surface area contributed by atoms with Gasteiger partial charge in [-0.1, -0.05) is 6.42 Å². The molecule has 3 aliphatic rings. The minimum Gasteiger partial charge on any atom is -0.368 e. The average Bonchev–Trinajstić information content (AvgIpc) is 2.84. The van der Waals surface area contributed by atoms with Gasteiger partial charge in [0.1, 0.15) is 0 Å². The van der Waals surface area contributed by atoms with Crippen LogP contribution in [0.25, 0.3) is 0 Å². The number of amides is 1. The third-order valence-electron chi connectivity index (χ3n) is 5.59. The molecule has 0 spiro atoms. The summed E-state index contributed by atoms with van der Waals surface area (Å²) in [4.78, 5) is 11.4. The largest absolute Gasteiger partial charge is 0.368 e. The van der Waals surface area contributed by atoms with Gasteiger partial charge < -0.3 is 11.1 Å². The molecule has 3 aliphatic carbocycles. The van der Waals surface area contributed by atoms with Crippen molar-refractivity contribution in [3.8, 4) is 0 Å². The Morgan fingerprint density at radius 2 is 1.88 bits per heavy atom. The first kappa shape index (κ1) is 11.5. The maximum atomic E-state index is 11.4. The average molecular weight is 236 g/mol. The van der Waals surface area contributed by atoms with Gasteiger partial charge in [0, 0.05) is 6.04 Å². The highest BCUT2D eigenvalue weighted by Crippen LogP contribution is 2.58. The van der Waals surface area contributed by atoms with E-state index in [9.17, 15) is 4.79 Å². The Morgan fingerprint density at radius 3 is 2.59 bits per heavy atom. The van der Waals surface area contributed by atoms with Crippen LogP contribution in [-0.2, 0) is 4.79 Å². The van der Waals surface area contributed by atoms with E-state index in [-0.39, 0.29) is 5.91 Å². The molecule has 3 saturated carbocycles. The van der Waals surface area contributed by atoms with Crippen molar-refractivity contribution in [2.45, 2.75) is 57.5 Å². The van der Waals surface area contributed by atoms with Crippen LogP contribution in [0, 0.1) is 23.7 Å². The van der Waals surface area contributed by atoms with Crippen molar-refractivity contribution in [2.75, 3.05) is 0 Å². The van der Waals surface area contributed by atoms with Crippen LogP contribution in [0.5, 0.6) is 0 Å². The van der Waals surface area contributed by atoms with E-state index in [4.69, 9.17) is 5.73 Å². The second-order valence-corrected chi connectivity index (χ2v) is 6.89. The van der Waals surface area contributed by atoms with Gasteiger partial charge in [-0.05, 0) is 63.2 Å². The van der Waals surface area contributed by atoms with Crippen molar-refractivity contribution in [2.24, 2.45) is 29.4 Å². The summed E-state index contributed by atoms with van der Waals surface area (Å²) in [5, 5.41) is 3.52. The van der Waals surface area contributed by atoms with Crippen LogP contribution >= 0.6 is 0 Å². The van der Waals surface area contributed by atoms with Gasteiger partial charge >= 0.3 is 0 Å². The van der Waals surface area contributed by atoms with Crippen molar-refractivity contribution in [3.05, 3.63) is 0 Å². The number of rotatable bonds is 3. The molecule has 3 rings (SSSR count). The number of carbonyl (C=O) groups is 1. The van der Waals surface area contributed by atoms with Gasteiger partial charge in [-0.25, -0.2) is 0 Å². The summed E-state index contributed by atoms with van der Waals surface area (Å²) >= 11 is 0. The molecule has 0 aromatic heterocycles. The van der Waals surface area contributed by atoms with Crippen LogP contribution in [0.15, 0.2) is 0 Å². The van der Waals surface area contributed by atoms with Crippen molar-refractivity contribution in [1.82, 2.24) is 5.32 Å². The van der Waals surface area contributed by atoms with Crippen LogP contribution in [0.1, 0.15) is 46.0 Å². The number of nitrogens with two attached hydrogens (primary N) is 1. The zero-order valence-electron chi connectivity index (χ0n) is 10.9. The minimum atomic E-state index is -0.552. The Bertz CT molecular complexity index is 339. The maximum absolute atomic E-state index is 11.4. The molecule has 0 radical (unpaired) electrons. The molecule has 0 saturated heterocycles. The summed E-state index contributed by atoms with van der Waals surface area (Å²) in [5.74, 6) is 3.45. The predicted molar refractivity (Wildman–Crippen MR) is 67.2 cm³/mol. The molecule has 3 nitrogen and oxygen atoms in total. The molecule has 1 amide bonds. The number of hydrogen-bond donors (Lipinski definition) is 2. The van der Waals surface area contributed by atoms with Crippen LogP contribution in [0.2, 0.25) is 0 Å². The van der Waals surface area contributed by atoms with Gasteiger partial charge in [0.25, 0.3) is 0 Å². The predicted octanol–water partition coefficient (Wildman–Crippen LogP) is 1.66. The number of primary amides is 1. The molecular formula is C14H24N2O. The Labute approximate surface area is 104 Å². The van der Waals surface area contributed by atoms with Crippen LogP contribution in [-0.4, -0.2) is 17.5 Å². The molecule has 0 aromatic rings. The van der Waals surface area contributed by atoms with E-state index in [1.165, 1.54) is 32.1 Å². The Kier molecular flexibility index (Phi) is 2.51. The lowest BCUT2D eigenvalue weighted by Gasteiger charge is -2.36. The lowest BCUT2D eigenvalue weighted by atomic mass is 9.78. The van der Waals surface area contributed by atoms with Gasteiger partial charge in [-0.3, -0.25) is 4.79 Å². The highest BCUT2D eigenvalue weighted by molar-refractivity contribution is 5.83. The second-order valence-electron chi connectivity index (χ2n) is 6.89. The second kappa shape index (κ2) is 3.71. The van der Waals surface area contributed by atoms with Crippen molar-refractivity contribution < 1.29 is 4.79 Å². The Hall–Kier alpha value is -0.570. The molecule has 96 valence electrons. The number of fused-ring (bicyclic) bond motifs is 5. The first-order valence-electron chi connectivity index (χ1n) is 7.06. The van der Waals surface area contributed by atoms with E-state index in [2.05, 4.69) is 5.32 Å². The molecule has 5 atom stereocenters. The highest BCUT2D eigenvalue weighted by Gasteiger charge is 2.54.